The third-order valence-corrected chi connectivity index (χ3v) is 10.7. The van der Waals surface area contributed by atoms with Crippen LogP contribution >= 0.6 is 0 Å². The molecule has 3 aromatic rings. The van der Waals surface area contributed by atoms with Gasteiger partial charge in [-0.25, -0.2) is 4.79 Å². The van der Waals surface area contributed by atoms with E-state index < -0.39 is 14.0 Å². The van der Waals surface area contributed by atoms with Crippen LogP contribution in [-0.4, -0.2) is 27.3 Å². The maximum atomic E-state index is 11.2. The summed E-state index contributed by atoms with van der Waals surface area (Å²) in [4.78, 5) is 11.2. The smallest absolute Gasteiger partial charge is 0.330 e. The van der Waals surface area contributed by atoms with Crippen LogP contribution in [0.4, 0.5) is 0 Å². The van der Waals surface area contributed by atoms with Gasteiger partial charge in [-0.15, -0.1) is 0 Å². The number of ether oxygens (including phenoxy) is 2. The predicted molar refractivity (Wildman–Crippen MR) is 137 cm³/mol. The summed E-state index contributed by atoms with van der Waals surface area (Å²) in [5.74, 6) is 0.315. The van der Waals surface area contributed by atoms with Gasteiger partial charge in [0.05, 0.1) is 0 Å². The van der Waals surface area contributed by atoms with Gasteiger partial charge in [-0.05, 0) is 45.7 Å². The molecule has 1 aliphatic carbocycles. The molecule has 0 aliphatic heterocycles. The number of carbonyl (C=O) groups excluding carboxylic acids is 1. The number of esters is 1. The van der Waals surface area contributed by atoms with E-state index in [4.69, 9.17) is 9.47 Å². The molecule has 1 aliphatic rings. The van der Waals surface area contributed by atoms with Crippen LogP contribution in [0, 0.1) is 0 Å². The first-order valence-corrected chi connectivity index (χ1v) is 13.3. The highest BCUT2D eigenvalue weighted by Crippen LogP contribution is 2.23. The molecule has 0 saturated heterocycles. The van der Waals surface area contributed by atoms with E-state index in [2.05, 4.69) is 97.6 Å². The van der Waals surface area contributed by atoms with Crippen molar-refractivity contribution >= 4 is 29.6 Å². The van der Waals surface area contributed by atoms with E-state index >= 15 is 0 Å². The number of allylic oxidation sites excluding steroid dienone is 4. The maximum absolute atomic E-state index is 11.2. The van der Waals surface area contributed by atoms with Gasteiger partial charge in [-0.3, -0.25) is 0 Å². The highest BCUT2D eigenvalue weighted by atomic mass is 28.3. The highest BCUT2D eigenvalue weighted by molar-refractivity contribution is 7.16. The van der Waals surface area contributed by atoms with Crippen LogP contribution in [0.15, 0.2) is 121 Å². The van der Waals surface area contributed by atoms with Gasteiger partial charge in [-0.2, -0.15) is 0 Å². The topological polar surface area (TPSA) is 35.5 Å². The van der Waals surface area contributed by atoms with E-state index in [9.17, 15) is 4.79 Å². The molecule has 0 heterocycles. The van der Waals surface area contributed by atoms with Crippen molar-refractivity contribution in [1.29, 1.82) is 0 Å². The molecule has 0 fully saturated rings. The minimum absolute atomic E-state index is 0.191. The second-order valence-corrected chi connectivity index (χ2v) is 11.7. The summed E-state index contributed by atoms with van der Waals surface area (Å²) < 4.78 is 10.8. The summed E-state index contributed by atoms with van der Waals surface area (Å²) >= 11 is 0. The number of hydrogen-bond acceptors (Lipinski definition) is 3. The SMILES string of the molecule is C=CC(=O)OCCOc1ccc([Si](C2=CCCC=C2)(c2ccccc2)c2ccccc2)cc1. The van der Waals surface area contributed by atoms with Gasteiger partial charge in [0.1, 0.15) is 19.0 Å². The Kier molecular flexibility index (Phi) is 7.38. The molecule has 0 bridgehead atoms. The van der Waals surface area contributed by atoms with Crippen LogP contribution < -0.4 is 20.3 Å². The van der Waals surface area contributed by atoms with E-state index in [1.165, 1.54) is 20.8 Å². The van der Waals surface area contributed by atoms with Crippen molar-refractivity contribution in [3.63, 3.8) is 0 Å². The predicted octanol–water partition coefficient (Wildman–Crippen LogP) is 4.08. The Balaban J connectivity index is 1.74. The lowest BCUT2D eigenvalue weighted by molar-refractivity contribution is -0.138. The zero-order valence-corrected chi connectivity index (χ0v) is 19.7. The molecule has 0 aromatic heterocycles. The second-order valence-electron chi connectivity index (χ2n) is 7.87. The van der Waals surface area contributed by atoms with Crippen molar-refractivity contribution in [2.24, 2.45) is 0 Å². The zero-order valence-electron chi connectivity index (χ0n) is 18.7. The summed E-state index contributed by atoms with van der Waals surface area (Å²) in [6.45, 7) is 3.89. The minimum Gasteiger partial charge on any atom is -0.490 e. The van der Waals surface area contributed by atoms with Gasteiger partial charge in [-0.1, -0.05) is 97.6 Å². The van der Waals surface area contributed by atoms with E-state index in [1.54, 1.807) is 0 Å². The van der Waals surface area contributed by atoms with E-state index in [0.29, 0.717) is 6.61 Å². The fourth-order valence-electron chi connectivity index (χ4n) is 4.43. The summed E-state index contributed by atoms with van der Waals surface area (Å²) in [7, 11) is -2.47. The molecule has 166 valence electrons. The van der Waals surface area contributed by atoms with Crippen LogP contribution in [0.1, 0.15) is 12.8 Å². The lowest BCUT2D eigenvalue weighted by atomic mass is 10.2. The van der Waals surface area contributed by atoms with Gasteiger partial charge >= 0.3 is 5.97 Å². The van der Waals surface area contributed by atoms with Gasteiger partial charge < -0.3 is 9.47 Å². The zero-order chi connectivity index (χ0) is 22.9. The normalized spacial score (nSPS) is 13.2. The minimum atomic E-state index is -2.47. The van der Waals surface area contributed by atoms with Crippen LogP contribution in [-0.2, 0) is 9.53 Å². The second kappa shape index (κ2) is 10.8. The first-order valence-electron chi connectivity index (χ1n) is 11.3. The maximum Gasteiger partial charge on any atom is 0.330 e. The third kappa shape index (κ3) is 4.91. The molecule has 0 radical (unpaired) electrons. The standard InChI is InChI=1S/C29H28O3Si/c1-2-29(30)32-23-22-31-24-18-20-28(21-19-24)33(25-12-6-3-7-13-25,26-14-8-4-9-15-26)27-16-10-5-11-17-27/h2-4,6-10,12-21H,1,5,11,22-23H2. The van der Waals surface area contributed by atoms with E-state index in [1.807, 2.05) is 12.1 Å². The van der Waals surface area contributed by atoms with E-state index in [-0.39, 0.29) is 6.61 Å². The Morgan fingerprint density at radius 3 is 1.97 bits per heavy atom. The fraction of sp³-hybridized carbons (Fsp3) is 0.138. The van der Waals surface area contributed by atoms with E-state index in [0.717, 1.165) is 24.7 Å². The van der Waals surface area contributed by atoms with Gasteiger partial charge in [0.25, 0.3) is 0 Å². The number of carbonyl (C=O) groups is 1. The van der Waals surface area contributed by atoms with Crippen molar-refractivity contribution in [2.45, 2.75) is 12.8 Å². The summed E-state index contributed by atoms with van der Waals surface area (Å²) in [5, 5.41) is 5.44. The lowest BCUT2D eigenvalue weighted by Crippen LogP contribution is -2.68. The molecule has 0 spiro atoms. The molecule has 4 rings (SSSR count). The Morgan fingerprint density at radius 2 is 1.42 bits per heavy atom. The molecule has 3 nitrogen and oxygen atoms in total. The van der Waals surface area contributed by atoms with Crippen molar-refractivity contribution in [3.8, 4) is 5.75 Å². The average molecular weight is 453 g/mol. The molecule has 0 saturated carbocycles. The third-order valence-electron chi connectivity index (χ3n) is 5.89. The quantitative estimate of drug-likeness (QED) is 0.161. The number of benzene rings is 3. The first-order chi connectivity index (χ1) is 16.2. The summed E-state index contributed by atoms with van der Waals surface area (Å²) in [6, 6.07) is 30.2. The van der Waals surface area contributed by atoms with Gasteiger partial charge in [0.15, 0.2) is 8.07 Å². The Bertz CT molecular complexity index is 1090. The molecule has 0 amide bonds. The molecule has 33 heavy (non-hydrogen) atoms. The van der Waals surface area contributed by atoms with Crippen molar-refractivity contribution < 1.29 is 14.3 Å². The van der Waals surface area contributed by atoms with Gasteiger partial charge in [0, 0.05) is 6.08 Å². The highest BCUT2D eigenvalue weighted by Gasteiger charge is 2.42. The molecule has 0 atom stereocenters. The average Bonchev–Trinajstić information content (AvgIpc) is 2.89. The van der Waals surface area contributed by atoms with Crippen LogP contribution in [0.25, 0.3) is 0 Å². The van der Waals surface area contributed by atoms with Crippen LogP contribution in [0.5, 0.6) is 5.75 Å². The number of rotatable bonds is 9. The molecule has 0 unspecified atom stereocenters. The Labute approximate surface area is 196 Å². The van der Waals surface area contributed by atoms with Gasteiger partial charge in [0.2, 0.25) is 0 Å². The molecule has 0 N–H and O–H groups in total. The Hall–Kier alpha value is -3.63. The monoisotopic (exact) mass is 452 g/mol. The summed E-state index contributed by atoms with van der Waals surface area (Å²) in [5.41, 5.74) is 0. The molecular weight excluding hydrogens is 424 g/mol. The van der Waals surface area contributed by atoms with Crippen LogP contribution in [0.3, 0.4) is 0 Å². The molecular formula is C29H28O3Si. The largest absolute Gasteiger partial charge is 0.490 e. The van der Waals surface area contributed by atoms with Crippen LogP contribution in [0.2, 0.25) is 0 Å². The van der Waals surface area contributed by atoms with Crippen molar-refractivity contribution in [3.05, 3.63) is 121 Å². The lowest BCUT2D eigenvalue weighted by Gasteiger charge is -2.36. The number of hydrogen-bond donors (Lipinski definition) is 0. The molecule has 3 aromatic carbocycles. The molecule has 4 heteroatoms. The summed E-state index contributed by atoms with van der Waals surface area (Å²) in [6.07, 6.45) is 10.3. The fourth-order valence-corrected chi connectivity index (χ4v) is 9.30. The first kappa shape index (κ1) is 22.6. The van der Waals surface area contributed by atoms with Crippen molar-refractivity contribution in [1.82, 2.24) is 0 Å². The Morgan fingerprint density at radius 1 is 0.818 bits per heavy atom. The van der Waals surface area contributed by atoms with Crippen molar-refractivity contribution in [2.75, 3.05) is 13.2 Å².